The van der Waals surface area contributed by atoms with E-state index < -0.39 is 0 Å². The number of nitrogens with zero attached hydrogens (tertiary/aromatic N) is 1. The molecule has 0 aliphatic rings. The van der Waals surface area contributed by atoms with Gasteiger partial charge < -0.3 is 9.53 Å². The van der Waals surface area contributed by atoms with Gasteiger partial charge >= 0.3 is 0 Å². The molecule has 4 heteroatoms. The van der Waals surface area contributed by atoms with Crippen LogP contribution < -0.4 is 0 Å². The molecular weight excluding hydrogens is 338 g/mol. The van der Waals surface area contributed by atoms with Crippen molar-refractivity contribution in [1.29, 1.82) is 0 Å². The van der Waals surface area contributed by atoms with E-state index in [9.17, 15) is 9.59 Å². The first-order chi connectivity index (χ1) is 13.1. The van der Waals surface area contributed by atoms with Crippen LogP contribution in [0.1, 0.15) is 58.1 Å². The number of hydrogen-bond donors (Lipinski definition) is 0. The van der Waals surface area contributed by atoms with Crippen molar-refractivity contribution in [3.8, 4) is 0 Å². The molecule has 2 rings (SSSR count). The molecule has 0 saturated carbocycles. The summed E-state index contributed by atoms with van der Waals surface area (Å²) < 4.78 is 5.36. The summed E-state index contributed by atoms with van der Waals surface area (Å²) in [7, 11) is 0. The molecule has 0 unspecified atom stereocenters. The number of aromatic nitrogens is 1. The molecule has 2 aromatic rings. The van der Waals surface area contributed by atoms with Crippen molar-refractivity contribution in [2.45, 2.75) is 58.8 Å². The molecule has 0 aliphatic heterocycles. The summed E-state index contributed by atoms with van der Waals surface area (Å²) in [6, 6.07) is 10.0. The van der Waals surface area contributed by atoms with Gasteiger partial charge in [-0.3, -0.25) is 9.78 Å². The summed E-state index contributed by atoms with van der Waals surface area (Å²) in [5.74, 6) is 0.687. The molecule has 0 aliphatic carbocycles. The molecule has 27 heavy (non-hydrogen) atoms. The summed E-state index contributed by atoms with van der Waals surface area (Å²) >= 11 is 0. The van der Waals surface area contributed by atoms with Crippen LogP contribution in [0.15, 0.2) is 36.5 Å². The van der Waals surface area contributed by atoms with Crippen LogP contribution in [0.25, 0.3) is 10.8 Å². The number of ketones is 2. The number of ether oxygens (including phenoxy) is 1. The maximum atomic E-state index is 12.4. The minimum Gasteiger partial charge on any atom is -0.382 e. The summed E-state index contributed by atoms with van der Waals surface area (Å²) in [5.41, 5.74) is 0.818. The predicted molar refractivity (Wildman–Crippen MR) is 109 cm³/mol. The zero-order chi connectivity index (χ0) is 19.5. The lowest BCUT2D eigenvalue weighted by Crippen LogP contribution is -2.11. The maximum absolute atomic E-state index is 12.4. The topological polar surface area (TPSA) is 56.3 Å². The van der Waals surface area contributed by atoms with E-state index in [1.165, 1.54) is 0 Å². The van der Waals surface area contributed by atoms with E-state index >= 15 is 0 Å². The molecule has 4 nitrogen and oxygen atoms in total. The molecule has 0 radical (unpaired) electrons. The van der Waals surface area contributed by atoms with E-state index in [0.29, 0.717) is 19.3 Å². The fourth-order valence-corrected chi connectivity index (χ4v) is 3.42. The Kier molecular flexibility index (Phi) is 9.12. The number of Topliss-reactive ketones (excluding diaryl/α,β-unsaturated/α-hetero) is 2. The monoisotopic (exact) mass is 369 g/mol. The molecule has 0 spiro atoms. The van der Waals surface area contributed by atoms with Gasteiger partial charge in [-0.2, -0.15) is 0 Å². The third-order valence-corrected chi connectivity index (χ3v) is 4.83. The molecule has 0 N–H and O–H groups in total. The minimum absolute atomic E-state index is 0.195. The number of hydrogen-bond acceptors (Lipinski definition) is 4. The Balaban J connectivity index is 1.81. The Morgan fingerprint density at radius 2 is 1.89 bits per heavy atom. The van der Waals surface area contributed by atoms with E-state index in [4.69, 9.17) is 4.74 Å². The first-order valence-corrected chi connectivity index (χ1v) is 10.0. The molecule has 0 bridgehead atoms. The van der Waals surface area contributed by atoms with E-state index in [1.54, 1.807) is 6.92 Å². The molecule has 0 fully saturated rings. The quantitative estimate of drug-likeness (QED) is 0.470. The van der Waals surface area contributed by atoms with Crippen LogP contribution in [0.2, 0.25) is 0 Å². The van der Waals surface area contributed by atoms with Gasteiger partial charge in [-0.05, 0) is 50.5 Å². The number of carbonyl (C=O) groups excluding carboxylic acids is 2. The Labute approximate surface area is 162 Å². The van der Waals surface area contributed by atoms with E-state index in [-0.39, 0.29) is 17.5 Å². The average molecular weight is 370 g/mol. The lowest BCUT2D eigenvalue weighted by atomic mass is 9.90. The smallest absolute Gasteiger partial charge is 0.138 e. The van der Waals surface area contributed by atoms with Crippen molar-refractivity contribution >= 4 is 22.3 Å². The Morgan fingerprint density at radius 3 is 2.63 bits per heavy atom. The highest BCUT2D eigenvalue weighted by atomic mass is 16.5. The van der Waals surface area contributed by atoms with Gasteiger partial charge in [0.2, 0.25) is 0 Å². The highest BCUT2D eigenvalue weighted by Gasteiger charge is 2.14. The molecule has 1 aromatic carbocycles. The van der Waals surface area contributed by atoms with Crippen LogP contribution in [0.3, 0.4) is 0 Å². The first kappa shape index (κ1) is 21.2. The molecule has 1 aromatic heterocycles. The van der Waals surface area contributed by atoms with Gasteiger partial charge in [0.05, 0.1) is 0 Å². The standard InChI is InChI=1S/C23H31NO3/c1-3-27-13-7-6-8-19(14-18(2)25)11-12-23(26)16-22-15-20-9-4-5-10-21(20)17-24-22/h4-5,9-10,15,17,19H,3,6-8,11-14,16H2,1-2H3/t19-/m1/s1. The molecule has 146 valence electrons. The second-order valence-corrected chi connectivity index (χ2v) is 7.24. The fourth-order valence-electron chi connectivity index (χ4n) is 3.42. The average Bonchev–Trinajstić information content (AvgIpc) is 2.65. The number of fused-ring (bicyclic) bond motifs is 1. The lowest BCUT2D eigenvalue weighted by Gasteiger charge is -2.15. The Bertz CT molecular complexity index is 741. The van der Waals surface area contributed by atoms with Crippen molar-refractivity contribution < 1.29 is 14.3 Å². The maximum Gasteiger partial charge on any atom is 0.138 e. The second-order valence-electron chi connectivity index (χ2n) is 7.24. The van der Waals surface area contributed by atoms with Gasteiger partial charge in [0, 0.05) is 49.8 Å². The third-order valence-electron chi connectivity index (χ3n) is 4.83. The summed E-state index contributed by atoms with van der Waals surface area (Å²) in [6.45, 7) is 5.15. The van der Waals surface area contributed by atoms with Gasteiger partial charge in [0.15, 0.2) is 0 Å². The Morgan fingerprint density at radius 1 is 1.11 bits per heavy atom. The first-order valence-electron chi connectivity index (χ1n) is 10.0. The number of unbranched alkanes of at least 4 members (excludes halogenated alkanes) is 1. The van der Waals surface area contributed by atoms with E-state index in [2.05, 4.69) is 4.98 Å². The van der Waals surface area contributed by atoms with Gasteiger partial charge in [-0.15, -0.1) is 0 Å². The molecule has 0 saturated heterocycles. The van der Waals surface area contributed by atoms with Gasteiger partial charge in [-0.25, -0.2) is 0 Å². The summed E-state index contributed by atoms with van der Waals surface area (Å²) in [4.78, 5) is 28.4. The molecular formula is C23H31NO3. The van der Waals surface area contributed by atoms with E-state index in [1.807, 2.05) is 43.5 Å². The third kappa shape index (κ3) is 8.00. The number of benzene rings is 1. The highest BCUT2D eigenvalue weighted by molar-refractivity contribution is 5.84. The largest absolute Gasteiger partial charge is 0.382 e. The Hall–Kier alpha value is -2.07. The number of rotatable bonds is 13. The van der Waals surface area contributed by atoms with E-state index in [0.717, 1.165) is 55.4 Å². The van der Waals surface area contributed by atoms with Crippen molar-refractivity contribution in [2.75, 3.05) is 13.2 Å². The number of carbonyl (C=O) groups is 2. The van der Waals surface area contributed by atoms with Crippen LogP contribution in [0.5, 0.6) is 0 Å². The molecule has 1 atom stereocenters. The second kappa shape index (κ2) is 11.6. The minimum atomic E-state index is 0.195. The highest BCUT2D eigenvalue weighted by Crippen LogP contribution is 2.20. The number of pyridine rings is 1. The van der Waals surface area contributed by atoms with Crippen LogP contribution in [0.4, 0.5) is 0 Å². The molecule has 1 heterocycles. The van der Waals surface area contributed by atoms with Gasteiger partial charge in [-0.1, -0.05) is 30.7 Å². The van der Waals surface area contributed by atoms with Crippen LogP contribution in [-0.2, 0) is 20.7 Å². The SMILES string of the molecule is CCOCCCC[C@H](CCC(=O)Cc1cc2ccccc2cn1)CC(C)=O. The van der Waals surface area contributed by atoms with Crippen LogP contribution in [-0.4, -0.2) is 29.8 Å². The lowest BCUT2D eigenvalue weighted by molar-refractivity contribution is -0.120. The zero-order valence-corrected chi connectivity index (χ0v) is 16.6. The van der Waals surface area contributed by atoms with Crippen molar-refractivity contribution in [2.24, 2.45) is 5.92 Å². The van der Waals surface area contributed by atoms with Crippen molar-refractivity contribution in [3.05, 3.63) is 42.2 Å². The van der Waals surface area contributed by atoms with Gasteiger partial charge in [0.1, 0.15) is 11.6 Å². The normalized spacial score (nSPS) is 12.2. The van der Waals surface area contributed by atoms with Crippen LogP contribution in [0, 0.1) is 5.92 Å². The zero-order valence-electron chi connectivity index (χ0n) is 16.6. The van der Waals surface area contributed by atoms with Crippen molar-refractivity contribution in [1.82, 2.24) is 4.98 Å². The molecule has 0 amide bonds. The van der Waals surface area contributed by atoms with Crippen LogP contribution >= 0.6 is 0 Å². The summed E-state index contributed by atoms with van der Waals surface area (Å²) in [6.07, 6.45) is 7.08. The predicted octanol–water partition coefficient (Wildman–Crippen LogP) is 4.93. The summed E-state index contributed by atoms with van der Waals surface area (Å²) in [5, 5.41) is 2.20. The van der Waals surface area contributed by atoms with Gasteiger partial charge in [0.25, 0.3) is 0 Å². The fraction of sp³-hybridized carbons (Fsp3) is 0.522. The van der Waals surface area contributed by atoms with Crippen molar-refractivity contribution in [3.63, 3.8) is 0 Å².